The predicted molar refractivity (Wildman–Crippen MR) is 86.1 cm³/mol. The van der Waals surface area contributed by atoms with Gasteiger partial charge in [-0.1, -0.05) is 48.9 Å². The number of amides is 2. The van der Waals surface area contributed by atoms with Crippen LogP contribution >= 0.6 is 23.2 Å². The highest BCUT2D eigenvalue weighted by atomic mass is 35.5. The van der Waals surface area contributed by atoms with Gasteiger partial charge in [-0.3, -0.25) is 0 Å². The van der Waals surface area contributed by atoms with E-state index < -0.39 is 11.6 Å². The highest BCUT2D eigenvalue weighted by Gasteiger charge is 2.28. The van der Waals surface area contributed by atoms with Gasteiger partial charge in [-0.25, -0.2) is 4.79 Å². The van der Waals surface area contributed by atoms with Gasteiger partial charge in [-0.2, -0.15) is 0 Å². The predicted octanol–water partition coefficient (Wildman–Crippen LogP) is 4.20. The standard InChI is InChI=1S/C15H20Cl2N2O2/c16-11-5-6-12(17)13(9-11)19-14(20)18-10-15(21)7-3-1-2-4-8-15/h5-6,9,21H,1-4,7-8,10H2,(H2,18,19,20). The summed E-state index contributed by atoms with van der Waals surface area (Å²) < 4.78 is 0. The number of urea groups is 1. The van der Waals surface area contributed by atoms with Crippen molar-refractivity contribution in [3.63, 3.8) is 0 Å². The fourth-order valence-electron chi connectivity index (χ4n) is 2.57. The summed E-state index contributed by atoms with van der Waals surface area (Å²) in [5, 5.41) is 16.8. The number of carbonyl (C=O) groups excluding carboxylic acids is 1. The minimum Gasteiger partial charge on any atom is -0.388 e. The van der Waals surface area contributed by atoms with Gasteiger partial charge >= 0.3 is 6.03 Å². The molecule has 0 radical (unpaired) electrons. The number of halogens is 2. The summed E-state index contributed by atoms with van der Waals surface area (Å²) in [5.41, 5.74) is -0.346. The first kappa shape index (κ1) is 16.4. The van der Waals surface area contributed by atoms with Gasteiger partial charge in [0.25, 0.3) is 0 Å². The Bertz CT molecular complexity index is 500. The van der Waals surface area contributed by atoms with Crippen LogP contribution in [0.3, 0.4) is 0 Å². The molecule has 0 aliphatic heterocycles. The summed E-state index contributed by atoms with van der Waals surface area (Å²) in [6.07, 6.45) is 5.75. The van der Waals surface area contributed by atoms with E-state index in [-0.39, 0.29) is 6.54 Å². The Morgan fingerprint density at radius 3 is 2.52 bits per heavy atom. The smallest absolute Gasteiger partial charge is 0.319 e. The van der Waals surface area contributed by atoms with Crippen LogP contribution in [0.25, 0.3) is 0 Å². The quantitative estimate of drug-likeness (QED) is 0.727. The summed E-state index contributed by atoms with van der Waals surface area (Å²) in [7, 11) is 0. The lowest BCUT2D eigenvalue weighted by molar-refractivity contribution is 0.0281. The van der Waals surface area contributed by atoms with Gasteiger partial charge < -0.3 is 15.7 Å². The lowest BCUT2D eigenvalue weighted by Crippen LogP contribution is -2.44. The van der Waals surface area contributed by atoms with Crippen molar-refractivity contribution in [1.29, 1.82) is 0 Å². The van der Waals surface area contributed by atoms with Crippen LogP contribution in [-0.2, 0) is 0 Å². The maximum absolute atomic E-state index is 11.9. The van der Waals surface area contributed by atoms with Crippen molar-refractivity contribution in [3.05, 3.63) is 28.2 Å². The summed E-state index contributed by atoms with van der Waals surface area (Å²) in [6.45, 7) is 0.247. The zero-order chi connectivity index (χ0) is 15.3. The second kappa shape index (κ2) is 7.34. The molecule has 1 fully saturated rings. The SMILES string of the molecule is O=C(NCC1(O)CCCCCC1)Nc1cc(Cl)ccc1Cl. The third-order valence-electron chi connectivity index (χ3n) is 3.79. The number of rotatable bonds is 3. The molecular formula is C15H20Cl2N2O2. The molecular weight excluding hydrogens is 311 g/mol. The molecule has 116 valence electrons. The van der Waals surface area contributed by atoms with Crippen LogP contribution in [0.5, 0.6) is 0 Å². The molecule has 0 aromatic heterocycles. The number of hydrogen-bond acceptors (Lipinski definition) is 2. The fourth-order valence-corrected chi connectivity index (χ4v) is 2.90. The number of benzene rings is 1. The molecule has 1 aromatic carbocycles. The molecule has 0 unspecified atom stereocenters. The molecule has 4 nitrogen and oxygen atoms in total. The lowest BCUT2D eigenvalue weighted by atomic mass is 9.95. The van der Waals surface area contributed by atoms with E-state index in [0.29, 0.717) is 15.7 Å². The first-order chi connectivity index (χ1) is 9.98. The number of hydrogen-bond donors (Lipinski definition) is 3. The topological polar surface area (TPSA) is 61.4 Å². The number of carbonyl (C=O) groups is 1. The number of anilines is 1. The maximum atomic E-state index is 11.9. The Morgan fingerprint density at radius 2 is 1.86 bits per heavy atom. The second-order valence-electron chi connectivity index (χ2n) is 5.57. The molecule has 1 aliphatic rings. The van der Waals surface area contributed by atoms with Gasteiger partial charge in [0.15, 0.2) is 0 Å². The molecule has 2 amide bonds. The normalized spacial score (nSPS) is 17.9. The Balaban J connectivity index is 1.88. The van der Waals surface area contributed by atoms with Crippen LogP contribution in [0.15, 0.2) is 18.2 Å². The second-order valence-corrected chi connectivity index (χ2v) is 6.41. The van der Waals surface area contributed by atoms with Crippen molar-refractivity contribution in [2.24, 2.45) is 0 Å². The van der Waals surface area contributed by atoms with Crippen molar-refractivity contribution in [3.8, 4) is 0 Å². The molecule has 0 heterocycles. The van der Waals surface area contributed by atoms with Gasteiger partial charge in [-0.15, -0.1) is 0 Å². The fraction of sp³-hybridized carbons (Fsp3) is 0.533. The maximum Gasteiger partial charge on any atom is 0.319 e. The van der Waals surface area contributed by atoms with Gasteiger partial charge in [0.1, 0.15) is 0 Å². The van der Waals surface area contributed by atoms with Crippen LogP contribution in [-0.4, -0.2) is 23.3 Å². The van der Waals surface area contributed by atoms with E-state index in [2.05, 4.69) is 10.6 Å². The zero-order valence-electron chi connectivity index (χ0n) is 11.8. The third-order valence-corrected chi connectivity index (χ3v) is 4.35. The molecule has 21 heavy (non-hydrogen) atoms. The Kier molecular flexibility index (Phi) is 5.73. The highest BCUT2D eigenvalue weighted by Crippen LogP contribution is 2.27. The van der Waals surface area contributed by atoms with E-state index in [0.717, 1.165) is 38.5 Å². The van der Waals surface area contributed by atoms with Crippen molar-refractivity contribution in [2.75, 3.05) is 11.9 Å². The Hall–Kier alpha value is -0.970. The van der Waals surface area contributed by atoms with Crippen molar-refractivity contribution in [2.45, 2.75) is 44.1 Å². The van der Waals surface area contributed by atoms with Gasteiger partial charge in [0.05, 0.1) is 16.3 Å². The van der Waals surface area contributed by atoms with E-state index in [1.165, 1.54) is 0 Å². The number of aliphatic hydroxyl groups is 1. The monoisotopic (exact) mass is 330 g/mol. The number of nitrogens with one attached hydrogen (secondary N) is 2. The van der Waals surface area contributed by atoms with Gasteiger partial charge in [0, 0.05) is 11.6 Å². The molecule has 1 aliphatic carbocycles. The van der Waals surface area contributed by atoms with Gasteiger partial charge in [0.2, 0.25) is 0 Å². The Labute approximate surface area is 134 Å². The summed E-state index contributed by atoms with van der Waals surface area (Å²) in [5.74, 6) is 0. The average molecular weight is 331 g/mol. The first-order valence-corrected chi connectivity index (χ1v) is 7.96. The lowest BCUT2D eigenvalue weighted by Gasteiger charge is -2.26. The molecule has 0 spiro atoms. The molecule has 0 saturated heterocycles. The third kappa shape index (κ3) is 5.06. The molecule has 1 aromatic rings. The van der Waals surface area contributed by atoms with E-state index in [4.69, 9.17) is 23.2 Å². The van der Waals surface area contributed by atoms with Crippen LogP contribution in [0.4, 0.5) is 10.5 Å². The van der Waals surface area contributed by atoms with Crippen LogP contribution in [0.1, 0.15) is 38.5 Å². The van der Waals surface area contributed by atoms with Gasteiger partial charge in [-0.05, 0) is 31.0 Å². The Morgan fingerprint density at radius 1 is 1.19 bits per heavy atom. The van der Waals surface area contributed by atoms with Crippen LogP contribution < -0.4 is 10.6 Å². The minimum absolute atomic E-state index is 0.247. The van der Waals surface area contributed by atoms with Crippen LogP contribution in [0.2, 0.25) is 10.0 Å². The first-order valence-electron chi connectivity index (χ1n) is 7.21. The summed E-state index contributed by atoms with van der Waals surface area (Å²) in [4.78, 5) is 11.9. The zero-order valence-corrected chi connectivity index (χ0v) is 13.3. The van der Waals surface area contributed by atoms with E-state index in [1.54, 1.807) is 18.2 Å². The molecule has 2 rings (SSSR count). The van der Waals surface area contributed by atoms with E-state index in [9.17, 15) is 9.90 Å². The van der Waals surface area contributed by atoms with E-state index >= 15 is 0 Å². The highest BCUT2D eigenvalue weighted by molar-refractivity contribution is 6.35. The van der Waals surface area contributed by atoms with Crippen molar-refractivity contribution in [1.82, 2.24) is 5.32 Å². The molecule has 0 atom stereocenters. The molecule has 6 heteroatoms. The van der Waals surface area contributed by atoms with Crippen molar-refractivity contribution < 1.29 is 9.90 Å². The molecule has 3 N–H and O–H groups in total. The molecule has 0 bridgehead atoms. The minimum atomic E-state index is -0.800. The molecule has 1 saturated carbocycles. The average Bonchev–Trinajstić information content (AvgIpc) is 2.66. The van der Waals surface area contributed by atoms with E-state index in [1.807, 2.05) is 0 Å². The largest absolute Gasteiger partial charge is 0.388 e. The summed E-state index contributed by atoms with van der Waals surface area (Å²) in [6, 6.07) is 4.47. The summed E-state index contributed by atoms with van der Waals surface area (Å²) >= 11 is 11.9. The van der Waals surface area contributed by atoms with Crippen LogP contribution in [0, 0.1) is 0 Å². The van der Waals surface area contributed by atoms with Crippen molar-refractivity contribution >= 4 is 34.9 Å².